The summed E-state index contributed by atoms with van der Waals surface area (Å²) in [6, 6.07) is 6.34. The maximum Gasteiger partial charge on any atom is 0.247 e. The predicted molar refractivity (Wildman–Crippen MR) is 84.6 cm³/mol. The summed E-state index contributed by atoms with van der Waals surface area (Å²) >= 11 is 0. The fraction of sp³-hybridized carbons (Fsp3) is 0.467. The predicted octanol–water partition coefficient (Wildman–Crippen LogP) is 2.04. The Morgan fingerprint density at radius 3 is 2.78 bits per heavy atom. The molecule has 0 saturated carbocycles. The van der Waals surface area contributed by atoms with Crippen molar-refractivity contribution in [1.29, 1.82) is 0 Å². The van der Waals surface area contributed by atoms with E-state index in [-0.39, 0.29) is 10.9 Å². The van der Waals surface area contributed by atoms with Crippen LogP contribution in [0.1, 0.15) is 37.0 Å². The fourth-order valence-corrected chi connectivity index (χ4v) is 4.73. The number of rotatable bonds is 4. The molecule has 3 rings (SSSR count). The van der Waals surface area contributed by atoms with Gasteiger partial charge < -0.3 is 4.74 Å². The maximum absolute atomic E-state index is 13.1. The van der Waals surface area contributed by atoms with Crippen LogP contribution >= 0.6 is 0 Å². The zero-order valence-electron chi connectivity index (χ0n) is 13.2. The Hall–Kier alpha value is -1.93. The first-order chi connectivity index (χ1) is 11.0. The average Bonchev–Trinajstić information content (AvgIpc) is 3.01. The van der Waals surface area contributed by atoms with Crippen molar-refractivity contribution in [3.8, 4) is 5.75 Å². The van der Waals surface area contributed by atoms with Crippen LogP contribution in [0, 0.1) is 6.92 Å². The van der Waals surface area contributed by atoms with Crippen LogP contribution < -0.4 is 4.74 Å². The molecule has 124 valence electrons. The van der Waals surface area contributed by atoms with Crippen molar-refractivity contribution in [1.82, 2.24) is 19.5 Å². The second-order valence-electron chi connectivity index (χ2n) is 5.56. The molecule has 7 nitrogen and oxygen atoms in total. The van der Waals surface area contributed by atoms with Gasteiger partial charge in [-0.25, -0.2) is 13.4 Å². The molecule has 0 aliphatic carbocycles. The van der Waals surface area contributed by atoms with Crippen LogP contribution in [-0.4, -0.2) is 41.6 Å². The molecule has 2 heterocycles. The summed E-state index contributed by atoms with van der Waals surface area (Å²) in [6.07, 6.45) is 2.50. The van der Waals surface area contributed by atoms with E-state index in [4.69, 9.17) is 4.74 Å². The molecule has 1 aromatic heterocycles. The number of methoxy groups -OCH3 is 1. The third kappa shape index (κ3) is 2.96. The normalized spacial score (nSPS) is 19.7. The minimum atomic E-state index is -3.68. The molecular formula is C15H20N4O3S. The Labute approximate surface area is 135 Å². The summed E-state index contributed by atoms with van der Waals surface area (Å²) in [7, 11) is -2.21. The van der Waals surface area contributed by atoms with E-state index in [1.165, 1.54) is 11.4 Å². The first kappa shape index (κ1) is 15.9. The van der Waals surface area contributed by atoms with Crippen LogP contribution in [0.15, 0.2) is 29.2 Å². The van der Waals surface area contributed by atoms with E-state index in [1.54, 1.807) is 31.2 Å². The number of para-hydroxylation sites is 1. The molecule has 0 radical (unpaired) electrons. The van der Waals surface area contributed by atoms with Gasteiger partial charge >= 0.3 is 0 Å². The lowest BCUT2D eigenvalue weighted by Gasteiger charge is -2.33. The fourth-order valence-electron chi connectivity index (χ4n) is 2.92. The molecule has 1 aromatic carbocycles. The Morgan fingerprint density at radius 2 is 2.09 bits per heavy atom. The van der Waals surface area contributed by atoms with E-state index in [9.17, 15) is 8.42 Å². The number of ether oxygens (including phenoxy) is 1. The average molecular weight is 336 g/mol. The van der Waals surface area contributed by atoms with Gasteiger partial charge in [-0.2, -0.15) is 9.40 Å². The number of aromatic amines is 1. The molecule has 2 aromatic rings. The van der Waals surface area contributed by atoms with Crippen molar-refractivity contribution in [2.75, 3.05) is 13.7 Å². The number of H-pyrrole nitrogens is 1. The molecule has 0 amide bonds. The third-order valence-corrected chi connectivity index (χ3v) is 5.97. The number of piperidine rings is 1. The highest BCUT2D eigenvalue weighted by Gasteiger charge is 2.37. The van der Waals surface area contributed by atoms with Gasteiger partial charge in [-0.3, -0.25) is 5.10 Å². The number of nitrogens with one attached hydrogen (secondary N) is 1. The summed E-state index contributed by atoms with van der Waals surface area (Å²) in [6.45, 7) is 2.26. The summed E-state index contributed by atoms with van der Waals surface area (Å²) in [4.78, 5) is 4.51. The van der Waals surface area contributed by atoms with E-state index in [0.717, 1.165) is 12.8 Å². The zero-order valence-corrected chi connectivity index (χ0v) is 14.0. The largest absolute Gasteiger partial charge is 0.495 e. The molecule has 0 spiro atoms. The number of benzene rings is 1. The van der Waals surface area contributed by atoms with Gasteiger partial charge in [0.15, 0.2) is 5.82 Å². The Morgan fingerprint density at radius 1 is 1.30 bits per heavy atom. The number of nitrogens with zero attached hydrogens (tertiary/aromatic N) is 3. The second kappa shape index (κ2) is 6.29. The summed E-state index contributed by atoms with van der Waals surface area (Å²) in [5, 5.41) is 6.96. The minimum absolute atomic E-state index is 0.182. The first-order valence-electron chi connectivity index (χ1n) is 7.58. The number of aromatic nitrogens is 3. The SMILES string of the molecule is COc1ccccc1S(=O)(=O)N1CCCC[C@@H]1c1n[nH]c(C)n1. The van der Waals surface area contributed by atoms with Crippen molar-refractivity contribution in [2.24, 2.45) is 0 Å². The second-order valence-corrected chi connectivity index (χ2v) is 7.42. The Kier molecular flexibility index (Phi) is 4.36. The smallest absolute Gasteiger partial charge is 0.247 e. The molecule has 1 aliphatic rings. The lowest BCUT2D eigenvalue weighted by atomic mass is 10.0. The Balaban J connectivity index is 2.02. The van der Waals surface area contributed by atoms with Crippen molar-refractivity contribution in [3.63, 3.8) is 0 Å². The van der Waals surface area contributed by atoms with Gasteiger partial charge in [0.1, 0.15) is 16.5 Å². The van der Waals surface area contributed by atoms with Crippen LogP contribution in [0.3, 0.4) is 0 Å². The number of hydrogen-bond acceptors (Lipinski definition) is 5. The van der Waals surface area contributed by atoms with Crippen LogP contribution in [0.5, 0.6) is 5.75 Å². The molecule has 8 heteroatoms. The standard InChI is InChI=1S/C15H20N4O3S/c1-11-16-15(18-17-11)12-7-5-6-10-19(12)23(20,21)14-9-4-3-8-13(14)22-2/h3-4,8-9,12H,5-7,10H2,1-2H3,(H,16,17,18)/t12-/m1/s1. The molecule has 0 bridgehead atoms. The molecule has 0 unspecified atom stereocenters. The number of aryl methyl sites for hydroxylation is 1. The van der Waals surface area contributed by atoms with E-state index < -0.39 is 10.0 Å². The first-order valence-corrected chi connectivity index (χ1v) is 9.02. The van der Waals surface area contributed by atoms with Gasteiger partial charge in [0.2, 0.25) is 10.0 Å². The van der Waals surface area contributed by atoms with E-state index in [2.05, 4.69) is 15.2 Å². The number of sulfonamides is 1. The van der Waals surface area contributed by atoms with E-state index in [0.29, 0.717) is 30.4 Å². The highest BCUT2D eigenvalue weighted by atomic mass is 32.2. The van der Waals surface area contributed by atoms with Gasteiger partial charge in [0, 0.05) is 6.54 Å². The van der Waals surface area contributed by atoms with Crippen LogP contribution in [0.4, 0.5) is 0 Å². The van der Waals surface area contributed by atoms with Crippen molar-refractivity contribution < 1.29 is 13.2 Å². The highest BCUT2D eigenvalue weighted by molar-refractivity contribution is 7.89. The molecule has 23 heavy (non-hydrogen) atoms. The molecule has 1 fully saturated rings. The van der Waals surface area contributed by atoms with Gasteiger partial charge in [-0.1, -0.05) is 18.6 Å². The maximum atomic E-state index is 13.1. The van der Waals surface area contributed by atoms with E-state index in [1.807, 2.05) is 0 Å². The minimum Gasteiger partial charge on any atom is -0.495 e. The third-order valence-electron chi connectivity index (χ3n) is 4.02. The Bertz CT molecular complexity index is 788. The number of hydrogen-bond donors (Lipinski definition) is 1. The van der Waals surface area contributed by atoms with Crippen molar-refractivity contribution >= 4 is 10.0 Å². The molecular weight excluding hydrogens is 316 g/mol. The van der Waals surface area contributed by atoms with E-state index >= 15 is 0 Å². The van der Waals surface area contributed by atoms with Crippen LogP contribution in [0.2, 0.25) is 0 Å². The van der Waals surface area contributed by atoms with Crippen molar-refractivity contribution in [3.05, 3.63) is 35.9 Å². The van der Waals surface area contributed by atoms with Crippen molar-refractivity contribution in [2.45, 2.75) is 37.1 Å². The van der Waals surface area contributed by atoms with Crippen LogP contribution in [0.25, 0.3) is 0 Å². The van der Waals surface area contributed by atoms with Gasteiger partial charge in [-0.15, -0.1) is 0 Å². The summed E-state index contributed by atoms with van der Waals surface area (Å²) < 4.78 is 33.0. The summed E-state index contributed by atoms with van der Waals surface area (Å²) in [5.41, 5.74) is 0. The molecule has 1 saturated heterocycles. The molecule has 1 aliphatic heterocycles. The summed E-state index contributed by atoms with van der Waals surface area (Å²) in [5.74, 6) is 1.56. The van der Waals surface area contributed by atoms with Gasteiger partial charge in [-0.05, 0) is 31.9 Å². The quantitative estimate of drug-likeness (QED) is 0.923. The molecule has 1 N–H and O–H groups in total. The molecule has 1 atom stereocenters. The topological polar surface area (TPSA) is 88.2 Å². The van der Waals surface area contributed by atoms with Gasteiger partial charge in [0.25, 0.3) is 0 Å². The van der Waals surface area contributed by atoms with Gasteiger partial charge in [0.05, 0.1) is 13.2 Å². The highest BCUT2D eigenvalue weighted by Crippen LogP contribution is 2.36. The monoisotopic (exact) mass is 336 g/mol. The van der Waals surface area contributed by atoms with Crippen LogP contribution in [-0.2, 0) is 10.0 Å². The lowest BCUT2D eigenvalue weighted by molar-refractivity contribution is 0.246. The lowest BCUT2D eigenvalue weighted by Crippen LogP contribution is -2.39. The zero-order chi connectivity index (χ0) is 16.4.